The van der Waals surface area contributed by atoms with E-state index in [-0.39, 0.29) is 24.4 Å². The van der Waals surface area contributed by atoms with E-state index in [1.165, 1.54) is 5.38 Å². The van der Waals surface area contributed by atoms with Gasteiger partial charge in [0.15, 0.2) is 10.7 Å². The molecule has 118 valence electrons. The fraction of sp³-hybridized carbons (Fsp3) is 0.273. The molecule has 0 spiro atoms. The van der Waals surface area contributed by atoms with Crippen LogP contribution in [0.3, 0.4) is 0 Å². The Morgan fingerprint density at radius 2 is 1.86 bits per heavy atom. The average Bonchev–Trinajstić information content (AvgIpc) is 3.07. The van der Waals surface area contributed by atoms with Gasteiger partial charge in [0.25, 0.3) is 5.91 Å². The van der Waals surface area contributed by atoms with Crippen molar-refractivity contribution in [3.8, 4) is 0 Å². The van der Waals surface area contributed by atoms with Crippen molar-refractivity contribution < 1.29 is 27.9 Å². The van der Waals surface area contributed by atoms with Gasteiger partial charge in [0.2, 0.25) is 0 Å². The molecule has 0 atom stereocenters. The number of hydrogen-bond acceptors (Lipinski definition) is 6. The van der Waals surface area contributed by atoms with Crippen LogP contribution in [0.4, 0.5) is 13.2 Å². The van der Waals surface area contributed by atoms with Gasteiger partial charge in [0.05, 0.1) is 5.01 Å². The van der Waals surface area contributed by atoms with E-state index in [1.807, 2.05) is 0 Å². The number of carbonyl (C=O) groups is 2. The number of carboxylic acids is 1. The summed E-state index contributed by atoms with van der Waals surface area (Å²) in [6.07, 6.45) is -4.29. The SMILES string of the molecule is O=C(O)c1csc(CCNC(=O)c2csc(C(F)(F)F)n2)n1. The van der Waals surface area contributed by atoms with Gasteiger partial charge in [0.1, 0.15) is 5.69 Å². The molecular formula is C11H8F3N3O3S2. The number of thiazole rings is 2. The molecule has 0 unspecified atom stereocenters. The van der Waals surface area contributed by atoms with Crippen molar-refractivity contribution in [2.75, 3.05) is 6.54 Å². The molecule has 2 rings (SSSR count). The van der Waals surface area contributed by atoms with Crippen LogP contribution in [0.25, 0.3) is 0 Å². The molecule has 2 N–H and O–H groups in total. The molecule has 0 saturated heterocycles. The number of nitrogens with zero attached hydrogens (tertiary/aromatic N) is 2. The minimum absolute atomic E-state index is 0.0827. The molecule has 1 amide bonds. The lowest BCUT2D eigenvalue weighted by molar-refractivity contribution is -0.137. The fourth-order valence-corrected chi connectivity index (χ4v) is 2.85. The summed E-state index contributed by atoms with van der Waals surface area (Å²) in [6, 6.07) is 0. The number of carboxylic acid groups (broad SMARTS) is 1. The Kier molecular flexibility index (Phi) is 4.76. The summed E-state index contributed by atoms with van der Waals surface area (Å²) in [5, 5.41) is 12.9. The average molecular weight is 351 g/mol. The molecule has 2 aromatic heterocycles. The Hall–Kier alpha value is -2.01. The molecule has 11 heteroatoms. The molecule has 0 radical (unpaired) electrons. The van der Waals surface area contributed by atoms with Gasteiger partial charge in [-0.25, -0.2) is 14.8 Å². The van der Waals surface area contributed by atoms with Crippen molar-refractivity contribution in [1.29, 1.82) is 0 Å². The number of carbonyl (C=O) groups excluding carboxylic acids is 1. The third-order valence-electron chi connectivity index (χ3n) is 2.37. The molecule has 2 heterocycles. The molecule has 0 aliphatic carbocycles. The summed E-state index contributed by atoms with van der Waals surface area (Å²) in [7, 11) is 0. The summed E-state index contributed by atoms with van der Waals surface area (Å²) >= 11 is 1.48. The molecule has 2 aromatic rings. The second-order valence-corrected chi connectivity index (χ2v) is 5.77. The van der Waals surface area contributed by atoms with E-state index < -0.39 is 23.1 Å². The first-order valence-electron chi connectivity index (χ1n) is 5.76. The largest absolute Gasteiger partial charge is 0.476 e. The normalized spacial score (nSPS) is 11.4. The summed E-state index contributed by atoms with van der Waals surface area (Å²) < 4.78 is 37.1. The number of rotatable bonds is 5. The van der Waals surface area contributed by atoms with Crippen molar-refractivity contribution in [2.24, 2.45) is 0 Å². The number of aromatic nitrogens is 2. The maximum absolute atomic E-state index is 12.4. The van der Waals surface area contributed by atoms with E-state index in [0.29, 0.717) is 16.3 Å². The Morgan fingerprint density at radius 1 is 1.18 bits per heavy atom. The molecule has 0 aliphatic rings. The van der Waals surface area contributed by atoms with Crippen LogP contribution in [0.15, 0.2) is 10.8 Å². The van der Waals surface area contributed by atoms with Gasteiger partial charge in [-0.05, 0) is 0 Å². The lowest BCUT2D eigenvalue weighted by Crippen LogP contribution is -2.26. The minimum Gasteiger partial charge on any atom is -0.476 e. The third kappa shape index (κ3) is 4.01. The minimum atomic E-state index is -4.57. The van der Waals surface area contributed by atoms with E-state index in [0.717, 1.165) is 16.7 Å². The van der Waals surface area contributed by atoms with Gasteiger partial charge in [-0.3, -0.25) is 4.79 Å². The molecule has 0 bridgehead atoms. The molecule has 0 aliphatic heterocycles. The van der Waals surface area contributed by atoms with Crippen LogP contribution in [0, 0.1) is 0 Å². The van der Waals surface area contributed by atoms with E-state index in [1.54, 1.807) is 0 Å². The molecular weight excluding hydrogens is 343 g/mol. The van der Waals surface area contributed by atoms with Crippen molar-refractivity contribution in [2.45, 2.75) is 12.6 Å². The van der Waals surface area contributed by atoms with Gasteiger partial charge in [-0.2, -0.15) is 13.2 Å². The Morgan fingerprint density at radius 3 is 2.41 bits per heavy atom. The molecule has 0 aromatic carbocycles. The first kappa shape index (κ1) is 16.4. The number of amides is 1. The van der Waals surface area contributed by atoms with Crippen LogP contribution >= 0.6 is 22.7 Å². The summed E-state index contributed by atoms with van der Waals surface area (Å²) in [6.45, 7) is 0.115. The lowest BCUT2D eigenvalue weighted by Gasteiger charge is -2.01. The highest BCUT2D eigenvalue weighted by Gasteiger charge is 2.35. The maximum atomic E-state index is 12.4. The standard InChI is InChI=1S/C11H8F3N3O3S2/c12-11(13,14)10-17-5(3-22-10)8(18)15-2-1-7-16-6(4-21-7)9(19)20/h3-4H,1-2H2,(H,15,18)(H,19,20). The van der Waals surface area contributed by atoms with E-state index in [4.69, 9.17) is 5.11 Å². The number of nitrogens with one attached hydrogen (secondary N) is 1. The maximum Gasteiger partial charge on any atom is 0.443 e. The zero-order valence-corrected chi connectivity index (χ0v) is 12.3. The van der Waals surface area contributed by atoms with Gasteiger partial charge in [-0.15, -0.1) is 22.7 Å². The van der Waals surface area contributed by atoms with E-state index in [2.05, 4.69) is 15.3 Å². The topological polar surface area (TPSA) is 92.2 Å². The highest BCUT2D eigenvalue weighted by Crippen LogP contribution is 2.31. The monoisotopic (exact) mass is 351 g/mol. The van der Waals surface area contributed by atoms with Crippen LogP contribution < -0.4 is 5.32 Å². The smallest absolute Gasteiger partial charge is 0.443 e. The highest BCUT2D eigenvalue weighted by atomic mass is 32.1. The molecule has 0 saturated carbocycles. The Balaban J connectivity index is 1.87. The predicted octanol–water partition coefficient (Wildman–Crippen LogP) is 2.29. The quantitative estimate of drug-likeness (QED) is 0.862. The van der Waals surface area contributed by atoms with Crippen molar-refractivity contribution in [1.82, 2.24) is 15.3 Å². The van der Waals surface area contributed by atoms with E-state index in [9.17, 15) is 22.8 Å². The third-order valence-corrected chi connectivity index (χ3v) is 4.17. The van der Waals surface area contributed by atoms with Gasteiger partial charge >= 0.3 is 12.1 Å². The van der Waals surface area contributed by atoms with Crippen LogP contribution in [-0.4, -0.2) is 33.5 Å². The summed E-state index contributed by atoms with van der Waals surface area (Å²) in [5.74, 6) is -1.87. The second-order valence-electron chi connectivity index (χ2n) is 3.97. The number of hydrogen-bond donors (Lipinski definition) is 2. The van der Waals surface area contributed by atoms with Gasteiger partial charge in [-0.1, -0.05) is 0 Å². The Labute approximate surface area is 129 Å². The second kappa shape index (κ2) is 6.40. The Bertz CT molecular complexity index is 696. The van der Waals surface area contributed by atoms with E-state index >= 15 is 0 Å². The summed E-state index contributed by atoms with van der Waals surface area (Å²) in [5.41, 5.74) is -0.386. The van der Waals surface area contributed by atoms with Crippen molar-refractivity contribution >= 4 is 34.6 Å². The van der Waals surface area contributed by atoms with Crippen LogP contribution in [0.5, 0.6) is 0 Å². The first-order chi connectivity index (χ1) is 10.3. The lowest BCUT2D eigenvalue weighted by atomic mass is 10.4. The fourth-order valence-electron chi connectivity index (χ4n) is 1.41. The molecule has 22 heavy (non-hydrogen) atoms. The van der Waals surface area contributed by atoms with Crippen molar-refractivity contribution in [3.63, 3.8) is 0 Å². The van der Waals surface area contributed by atoms with Gasteiger partial charge in [0, 0.05) is 23.7 Å². The summed E-state index contributed by atoms with van der Waals surface area (Å²) in [4.78, 5) is 29.3. The zero-order chi connectivity index (χ0) is 16.3. The molecule has 0 fully saturated rings. The molecule has 6 nitrogen and oxygen atoms in total. The van der Waals surface area contributed by atoms with Crippen LogP contribution in [-0.2, 0) is 12.6 Å². The first-order valence-corrected chi connectivity index (χ1v) is 7.52. The van der Waals surface area contributed by atoms with Gasteiger partial charge < -0.3 is 10.4 Å². The number of alkyl halides is 3. The number of halogens is 3. The van der Waals surface area contributed by atoms with Crippen molar-refractivity contribution in [3.05, 3.63) is 32.2 Å². The highest BCUT2D eigenvalue weighted by molar-refractivity contribution is 7.10. The number of aromatic carboxylic acids is 1. The van der Waals surface area contributed by atoms with Crippen LogP contribution in [0.2, 0.25) is 0 Å². The predicted molar refractivity (Wildman–Crippen MR) is 72.2 cm³/mol. The zero-order valence-electron chi connectivity index (χ0n) is 10.7. The van der Waals surface area contributed by atoms with Crippen LogP contribution in [0.1, 0.15) is 31.0 Å².